The molecule has 3 N–H and O–H groups in total. The Morgan fingerprint density at radius 1 is 1.19 bits per heavy atom. The summed E-state index contributed by atoms with van der Waals surface area (Å²) in [5.41, 5.74) is 2.45. The molecule has 1 aromatic carbocycles. The number of hydrogen-bond donors (Lipinski definition) is 3. The van der Waals surface area contributed by atoms with Gasteiger partial charge in [-0.25, -0.2) is 23.7 Å². The molecule has 2 aliphatic heterocycles. The molecule has 1 aliphatic carbocycles. The number of aliphatic imine (C=N–C) groups is 1. The highest BCUT2D eigenvalue weighted by atomic mass is 19.1. The van der Waals surface area contributed by atoms with Crippen LogP contribution in [0.4, 0.5) is 26.2 Å². The van der Waals surface area contributed by atoms with Crippen LogP contribution >= 0.6 is 0 Å². The number of rotatable bonds is 10. The van der Waals surface area contributed by atoms with Crippen LogP contribution < -0.4 is 16.0 Å². The minimum atomic E-state index is -0.634. The summed E-state index contributed by atoms with van der Waals surface area (Å²) in [7, 11) is 1.94. The fourth-order valence-electron chi connectivity index (χ4n) is 5.27. The van der Waals surface area contributed by atoms with Gasteiger partial charge in [0.2, 0.25) is 5.95 Å². The summed E-state index contributed by atoms with van der Waals surface area (Å²) in [6.45, 7) is 6.51. The van der Waals surface area contributed by atoms with Crippen molar-refractivity contribution in [3.05, 3.63) is 59.4 Å². The highest BCUT2D eigenvalue weighted by molar-refractivity contribution is 5.68. The van der Waals surface area contributed by atoms with Crippen LogP contribution in [0.5, 0.6) is 0 Å². The van der Waals surface area contributed by atoms with E-state index in [2.05, 4.69) is 47.5 Å². The van der Waals surface area contributed by atoms with Crippen LogP contribution in [0.3, 0.4) is 0 Å². The third-order valence-corrected chi connectivity index (χ3v) is 7.98. The molecule has 2 atom stereocenters. The van der Waals surface area contributed by atoms with Crippen LogP contribution in [-0.4, -0.2) is 64.3 Å². The first kappa shape index (κ1) is 24.0. The standard InChI is InChI=1S/C27H30F2N8/c1-30-24-17(5-6-27(31-2)7-8-27)9-18(10-19(24)28)25-20(29)12-34-26(36-25)35-23-4-3-16(11-33-23)14-37-15-21-22(37)13-32-21/h3-4,9-12,21-22,31-32H,1,5-8,13-15H2,2H3,(H,33,34,35,36)/t21?,22-/m1/s1. The van der Waals surface area contributed by atoms with E-state index >= 15 is 0 Å². The van der Waals surface area contributed by atoms with Crippen molar-refractivity contribution in [1.29, 1.82) is 0 Å². The van der Waals surface area contributed by atoms with Gasteiger partial charge in [0.05, 0.1) is 6.20 Å². The van der Waals surface area contributed by atoms with Gasteiger partial charge in [0.1, 0.15) is 23.0 Å². The molecule has 2 aromatic heterocycles. The molecule has 1 saturated carbocycles. The highest BCUT2D eigenvalue weighted by Crippen LogP contribution is 2.41. The first-order valence-corrected chi connectivity index (χ1v) is 12.7. The zero-order valence-corrected chi connectivity index (χ0v) is 20.8. The van der Waals surface area contributed by atoms with Crippen LogP contribution in [0.2, 0.25) is 0 Å². The monoisotopic (exact) mass is 504 g/mol. The summed E-state index contributed by atoms with van der Waals surface area (Å²) >= 11 is 0. The molecule has 2 saturated heterocycles. The van der Waals surface area contributed by atoms with Gasteiger partial charge in [0.25, 0.3) is 0 Å². The maximum absolute atomic E-state index is 15.0. The van der Waals surface area contributed by atoms with E-state index in [1.165, 1.54) is 6.07 Å². The van der Waals surface area contributed by atoms with E-state index in [1.54, 1.807) is 6.07 Å². The van der Waals surface area contributed by atoms with Gasteiger partial charge in [-0.2, -0.15) is 0 Å². The second kappa shape index (κ2) is 9.51. The molecule has 0 amide bonds. The van der Waals surface area contributed by atoms with E-state index in [4.69, 9.17) is 0 Å². The van der Waals surface area contributed by atoms with Gasteiger partial charge in [-0.1, -0.05) is 6.07 Å². The van der Waals surface area contributed by atoms with E-state index in [0.29, 0.717) is 35.4 Å². The number of nitrogens with zero attached hydrogens (tertiary/aromatic N) is 5. The SMILES string of the molecule is C=Nc1c(F)cc(-c2nc(Nc3ccc(CN4CC5NC[C@H]54)cn3)ncc2F)cc1CCC1(NC)CC1. The van der Waals surface area contributed by atoms with E-state index in [0.717, 1.165) is 50.7 Å². The molecule has 10 heteroatoms. The molecule has 3 fully saturated rings. The van der Waals surface area contributed by atoms with E-state index < -0.39 is 11.6 Å². The lowest BCUT2D eigenvalue weighted by atomic mass is 9.88. The lowest BCUT2D eigenvalue weighted by Crippen LogP contribution is -2.77. The Morgan fingerprint density at radius 3 is 2.68 bits per heavy atom. The molecule has 3 aromatic rings. The number of aromatic nitrogens is 3. The molecule has 192 valence electrons. The molecule has 6 rings (SSSR count). The van der Waals surface area contributed by atoms with Crippen LogP contribution in [0.25, 0.3) is 11.3 Å². The number of aryl methyl sites for hydroxylation is 1. The number of piperazine rings is 1. The molecule has 0 radical (unpaired) electrons. The second-order valence-electron chi connectivity index (χ2n) is 10.2. The lowest BCUT2D eigenvalue weighted by Gasteiger charge is -2.56. The van der Waals surface area contributed by atoms with Crippen molar-refractivity contribution >= 4 is 24.2 Å². The van der Waals surface area contributed by atoms with Crippen molar-refractivity contribution in [2.45, 2.75) is 49.9 Å². The molecule has 1 unspecified atom stereocenters. The van der Waals surface area contributed by atoms with Gasteiger partial charge < -0.3 is 16.0 Å². The summed E-state index contributed by atoms with van der Waals surface area (Å²) in [6, 6.07) is 8.16. The Labute approximate surface area is 214 Å². The minimum absolute atomic E-state index is 0.0149. The summed E-state index contributed by atoms with van der Waals surface area (Å²) in [5, 5.41) is 9.79. The Bertz CT molecular complexity index is 1320. The van der Waals surface area contributed by atoms with Crippen LogP contribution in [0.1, 0.15) is 30.4 Å². The van der Waals surface area contributed by atoms with Crippen LogP contribution in [-0.2, 0) is 13.0 Å². The van der Waals surface area contributed by atoms with Crippen LogP contribution in [0.15, 0.2) is 41.7 Å². The normalized spacial score (nSPS) is 21.5. The molecule has 8 nitrogen and oxygen atoms in total. The average molecular weight is 505 g/mol. The zero-order chi connectivity index (χ0) is 25.6. The first-order valence-electron chi connectivity index (χ1n) is 12.7. The van der Waals surface area contributed by atoms with Gasteiger partial charge in [-0.05, 0) is 68.8 Å². The Morgan fingerprint density at radius 2 is 2.05 bits per heavy atom. The number of nitrogens with one attached hydrogen (secondary N) is 3. The number of hydrogen-bond acceptors (Lipinski definition) is 8. The topological polar surface area (TPSA) is 90.4 Å². The Kier molecular flexibility index (Phi) is 6.18. The second-order valence-corrected chi connectivity index (χ2v) is 10.2. The van der Waals surface area contributed by atoms with E-state index in [1.807, 2.05) is 25.4 Å². The number of benzene rings is 1. The third kappa shape index (κ3) is 4.72. The van der Waals surface area contributed by atoms with Gasteiger partial charge in [0, 0.05) is 49.0 Å². The summed E-state index contributed by atoms with van der Waals surface area (Å²) in [6.07, 6.45) is 6.53. The highest BCUT2D eigenvalue weighted by Gasteiger charge is 2.45. The zero-order valence-electron chi connectivity index (χ0n) is 20.8. The number of anilines is 2. The van der Waals surface area contributed by atoms with Crippen molar-refractivity contribution in [3.63, 3.8) is 0 Å². The Hall–Kier alpha value is -3.34. The van der Waals surface area contributed by atoms with Crippen molar-refractivity contribution in [1.82, 2.24) is 30.5 Å². The van der Waals surface area contributed by atoms with Crippen molar-refractivity contribution in [3.8, 4) is 11.3 Å². The van der Waals surface area contributed by atoms with Gasteiger partial charge >= 0.3 is 0 Å². The maximum Gasteiger partial charge on any atom is 0.229 e. The number of pyridine rings is 1. The predicted molar refractivity (Wildman–Crippen MR) is 139 cm³/mol. The fourth-order valence-corrected chi connectivity index (χ4v) is 5.27. The summed E-state index contributed by atoms with van der Waals surface area (Å²) < 4.78 is 29.8. The molecule has 0 spiro atoms. The van der Waals surface area contributed by atoms with Crippen LogP contribution in [0, 0.1) is 11.6 Å². The van der Waals surface area contributed by atoms with Gasteiger partial charge in [-0.15, -0.1) is 0 Å². The minimum Gasteiger partial charge on any atom is -0.314 e. The maximum atomic E-state index is 15.0. The molecule has 4 heterocycles. The molecule has 37 heavy (non-hydrogen) atoms. The number of halogens is 2. The first-order chi connectivity index (χ1) is 18.0. The van der Waals surface area contributed by atoms with Crippen molar-refractivity contribution in [2.75, 3.05) is 25.5 Å². The van der Waals surface area contributed by atoms with Gasteiger partial charge in [-0.3, -0.25) is 9.89 Å². The lowest BCUT2D eigenvalue weighted by molar-refractivity contribution is -0.0236. The van der Waals surface area contributed by atoms with E-state index in [-0.39, 0.29) is 22.9 Å². The predicted octanol–water partition coefficient (Wildman–Crippen LogP) is 3.73. The Balaban J connectivity index is 1.19. The van der Waals surface area contributed by atoms with E-state index in [9.17, 15) is 8.78 Å². The largest absolute Gasteiger partial charge is 0.314 e. The number of fused-ring (bicyclic) bond motifs is 1. The van der Waals surface area contributed by atoms with Crippen molar-refractivity contribution < 1.29 is 8.78 Å². The summed E-state index contributed by atoms with van der Waals surface area (Å²) in [5.74, 6) is -0.450. The fraction of sp³-hybridized carbons (Fsp3) is 0.407. The molecular formula is C27H30F2N8. The molecule has 0 bridgehead atoms. The molecule has 3 aliphatic rings. The smallest absolute Gasteiger partial charge is 0.229 e. The average Bonchev–Trinajstić information content (AvgIpc) is 3.68. The summed E-state index contributed by atoms with van der Waals surface area (Å²) in [4.78, 5) is 19.2. The third-order valence-electron chi connectivity index (χ3n) is 7.98. The van der Waals surface area contributed by atoms with Gasteiger partial charge in [0.15, 0.2) is 5.82 Å². The quantitative estimate of drug-likeness (QED) is 0.363. The van der Waals surface area contributed by atoms with Crippen molar-refractivity contribution in [2.24, 2.45) is 4.99 Å². The number of likely N-dealkylation sites (tertiary alicyclic amines) is 1. The molecular weight excluding hydrogens is 474 g/mol.